The van der Waals surface area contributed by atoms with E-state index in [2.05, 4.69) is 48.9 Å². The molecule has 212 valence electrons. The van der Waals surface area contributed by atoms with Crippen LogP contribution in [-0.4, -0.2) is 26.4 Å². The van der Waals surface area contributed by atoms with Crippen LogP contribution in [0, 0.1) is 36.5 Å². The van der Waals surface area contributed by atoms with Gasteiger partial charge in [0.1, 0.15) is 16.8 Å². The molecular weight excluding hydrogens is 562 g/mol. The number of carbonyl (C=O) groups is 1. The first-order valence-corrected chi connectivity index (χ1v) is 15.6. The van der Waals surface area contributed by atoms with Gasteiger partial charge < -0.3 is 10.1 Å². The summed E-state index contributed by atoms with van der Waals surface area (Å²) >= 11 is 9.15. The van der Waals surface area contributed by atoms with Crippen molar-refractivity contribution in [2.75, 3.05) is 11.1 Å². The van der Waals surface area contributed by atoms with Crippen molar-refractivity contribution >= 4 is 45.6 Å². The number of allylic oxidation sites excluding steroid dienone is 1. The molecule has 2 heterocycles. The lowest BCUT2D eigenvalue weighted by atomic mass is 9.72. The van der Waals surface area contributed by atoms with Crippen molar-refractivity contribution in [3.05, 3.63) is 62.8 Å². The van der Waals surface area contributed by atoms with Crippen molar-refractivity contribution in [3.63, 3.8) is 0 Å². The van der Waals surface area contributed by atoms with Crippen LogP contribution in [0.2, 0.25) is 5.02 Å². The number of aromatic nitrogens is 3. The second-order valence-corrected chi connectivity index (χ2v) is 13.8. The van der Waals surface area contributed by atoms with Gasteiger partial charge in [-0.2, -0.15) is 5.26 Å². The summed E-state index contributed by atoms with van der Waals surface area (Å²) in [6, 6.07) is 6.15. The number of nitriles is 1. The number of hydrogen-bond donors (Lipinski definition) is 1. The molecule has 2 atom stereocenters. The molecule has 0 saturated carbocycles. The highest BCUT2D eigenvalue weighted by atomic mass is 35.5. The molecule has 1 aromatic carbocycles. The highest BCUT2D eigenvalue weighted by molar-refractivity contribution is 7.99. The minimum Gasteiger partial charge on any atom is -0.483 e. The zero-order chi connectivity index (χ0) is 29.2. The fourth-order valence-corrected chi connectivity index (χ4v) is 7.22. The van der Waals surface area contributed by atoms with E-state index in [0.29, 0.717) is 39.8 Å². The monoisotopic (exact) mass is 597 g/mol. The van der Waals surface area contributed by atoms with Gasteiger partial charge in [0, 0.05) is 16.4 Å². The molecule has 40 heavy (non-hydrogen) atoms. The van der Waals surface area contributed by atoms with Crippen LogP contribution in [-0.2, 0) is 24.2 Å². The van der Waals surface area contributed by atoms with Crippen LogP contribution in [0.25, 0.3) is 0 Å². The molecule has 10 heteroatoms. The van der Waals surface area contributed by atoms with Gasteiger partial charge in [-0.15, -0.1) is 28.1 Å². The summed E-state index contributed by atoms with van der Waals surface area (Å²) in [4.78, 5) is 14.2. The zero-order valence-electron chi connectivity index (χ0n) is 23.9. The molecule has 2 unspecified atom stereocenters. The third-order valence-electron chi connectivity index (χ3n) is 7.33. The first kappa shape index (κ1) is 30.2. The molecule has 4 rings (SSSR count). The third kappa shape index (κ3) is 6.56. The van der Waals surface area contributed by atoms with Crippen LogP contribution in [0.3, 0.4) is 0 Å². The van der Waals surface area contributed by atoms with Crippen LogP contribution < -0.4 is 10.1 Å². The smallest absolute Gasteiger partial charge is 0.235 e. The van der Waals surface area contributed by atoms with Gasteiger partial charge in [-0.25, -0.2) is 0 Å². The van der Waals surface area contributed by atoms with Crippen LogP contribution in [0.15, 0.2) is 29.9 Å². The van der Waals surface area contributed by atoms with Gasteiger partial charge >= 0.3 is 0 Å². The molecule has 2 aromatic heterocycles. The number of anilines is 1. The Morgan fingerprint density at radius 2 is 2.08 bits per heavy atom. The Morgan fingerprint density at radius 1 is 1.38 bits per heavy atom. The van der Waals surface area contributed by atoms with Gasteiger partial charge in [0.25, 0.3) is 0 Å². The van der Waals surface area contributed by atoms with Crippen molar-refractivity contribution in [2.24, 2.45) is 11.3 Å². The van der Waals surface area contributed by atoms with Gasteiger partial charge in [0.2, 0.25) is 5.91 Å². The maximum Gasteiger partial charge on any atom is 0.235 e. The lowest BCUT2D eigenvalue weighted by Gasteiger charge is -2.33. The molecule has 0 fully saturated rings. The summed E-state index contributed by atoms with van der Waals surface area (Å²) < 4.78 is 8.09. The molecule has 0 aliphatic heterocycles. The molecule has 1 aliphatic rings. The molecule has 0 spiro atoms. The lowest BCUT2D eigenvalue weighted by Crippen LogP contribution is -2.26. The van der Waals surface area contributed by atoms with E-state index >= 15 is 0 Å². The summed E-state index contributed by atoms with van der Waals surface area (Å²) in [6.07, 6.45) is 4.27. The van der Waals surface area contributed by atoms with E-state index in [-0.39, 0.29) is 23.2 Å². The number of benzene rings is 1. The second-order valence-electron chi connectivity index (χ2n) is 11.3. The van der Waals surface area contributed by atoms with Gasteiger partial charge in [-0.1, -0.05) is 50.2 Å². The minimum atomic E-state index is -0.386. The summed E-state index contributed by atoms with van der Waals surface area (Å²) in [6.45, 7) is 16.9. The first-order valence-electron chi connectivity index (χ1n) is 13.4. The number of aryl methyl sites for hydroxylation is 2. The van der Waals surface area contributed by atoms with Crippen LogP contribution >= 0.6 is 34.7 Å². The van der Waals surface area contributed by atoms with Gasteiger partial charge in [-0.05, 0) is 80.2 Å². The Bertz CT molecular complexity index is 1440. The predicted octanol–water partition coefficient (Wildman–Crippen LogP) is 7.69. The maximum absolute atomic E-state index is 13.0. The number of ether oxygens (including phenoxy) is 1. The molecule has 1 aliphatic carbocycles. The lowest BCUT2D eigenvalue weighted by molar-refractivity contribution is -0.113. The van der Waals surface area contributed by atoms with Crippen LogP contribution in [0.4, 0.5) is 5.00 Å². The van der Waals surface area contributed by atoms with Crippen molar-refractivity contribution < 1.29 is 9.53 Å². The Labute approximate surface area is 250 Å². The SMILES string of the molecule is C=CCn1c(SCC(=O)Nc2sc3c(c2C#N)CCC(C(C)(C)C)C3)nnc1C(C)Oc1cc(C)c(Cl)c(C)c1. The Balaban J connectivity index is 1.44. The summed E-state index contributed by atoms with van der Waals surface area (Å²) in [5.41, 5.74) is 3.81. The zero-order valence-corrected chi connectivity index (χ0v) is 26.3. The summed E-state index contributed by atoms with van der Waals surface area (Å²) in [5.74, 6) is 1.86. The summed E-state index contributed by atoms with van der Waals surface area (Å²) in [5, 5.41) is 23.5. The fourth-order valence-electron chi connectivity index (χ4n) is 5.06. The number of hydrogen-bond acceptors (Lipinski definition) is 7. The number of thioether (sulfide) groups is 1. The van der Waals surface area contributed by atoms with E-state index in [9.17, 15) is 10.1 Å². The van der Waals surface area contributed by atoms with Gasteiger partial charge in [0.15, 0.2) is 17.1 Å². The number of carbonyl (C=O) groups excluding carboxylic acids is 1. The number of thiophene rings is 1. The van der Waals surface area contributed by atoms with Crippen molar-refractivity contribution in [1.29, 1.82) is 5.26 Å². The Kier molecular flexibility index (Phi) is 9.33. The van der Waals surface area contributed by atoms with E-state index in [1.807, 2.05) is 37.5 Å². The number of nitrogens with zero attached hydrogens (tertiary/aromatic N) is 4. The summed E-state index contributed by atoms with van der Waals surface area (Å²) in [7, 11) is 0. The van der Waals surface area contributed by atoms with E-state index in [0.717, 1.165) is 41.0 Å². The number of rotatable bonds is 9. The number of nitrogens with one attached hydrogen (secondary N) is 1. The van der Waals surface area contributed by atoms with Crippen LogP contribution in [0.5, 0.6) is 5.75 Å². The predicted molar refractivity (Wildman–Crippen MR) is 164 cm³/mol. The highest BCUT2D eigenvalue weighted by Gasteiger charge is 2.32. The normalized spacial score (nSPS) is 15.7. The van der Waals surface area contributed by atoms with Crippen molar-refractivity contribution in [1.82, 2.24) is 14.8 Å². The molecule has 7 nitrogen and oxygen atoms in total. The van der Waals surface area contributed by atoms with Gasteiger partial charge in [0.05, 0.1) is 11.3 Å². The Morgan fingerprint density at radius 3 is 2.70 bits per heavy atom. The largest absolute Gasteiger partial charge is 0.483 e. The molecule has 0 bridgehead atoms. The first-order chi connectivity index (χ1) is 18.9. The molecule has 3 aromatic rings. The van der Waals surface area contributed by atoms with Crippen LogP contribution in [0.1, 0.15) is 73.2 Å². The molecule has 0 radical (unpaired) electrons. The molecule has 1 amide bonds. The Hall–Kier alpha value is -2.80. The number of fused-ring (bicyclic) bond motifs is 1. The minimum absolute atomic E-state index is 0.137. The maximum atomic E-state index is 13.0. The number of halogens is 1. The van der Waals surface area contributed by atoms with Gasteiger partial charge in [-0.3, -0.25) is 9.36 Å². The number of amides is 1. The quantitative estimate of drug-likeness (QED) is 0.201. The van der Waals surface area contributed by atoms with E-state index < -0.39 is 0 Å². The molecular formula is C30H36ClN5O2S2. The highest BCUT2D eigenvalue weighted by Crippen LogP contribution is 2.44. The third-order valence-corrected chi connectivity index (χ3v) is 10.1. The standard InChI is InChI=1S/C30H36ClN5O2S2/c1-8-11-36-27(19(4)38-21-12-17(2)26(31)18(3)13-21)34-35-29(36)39-16-25(37)33-28-23(15-32)22-10-9-20(30(5,6)7)14-24(22)40-28/h8,12-13,19-20H,1,9-11,14,16H2,2-7H3,(H,33,37). The van der Waals surface area contributed by atoms with E-state index in [1.165, 1.54) is 16.6 Å². The fraction of sp³-hybridized carbons (Fsp3) is 0.467. The molecule has 0 saturated heterocycles. The second kappa shape index (κ2) is 12.4. The topological polar surface area (TPSA) is 92.8 Å². The average molecular weight is 598 g/mol. The average Bonchev–Trinajstić information content (AvgIpc) is 3.45. The van der Waals surface area contributed by atoms with E-state index in [4.69, 9.17) is 16.3 Å². The van der Waals surface area contributed by atoms with E-state index in [1.54, 1.807) is 17.4 Å². The molecule has 1 N–H and O–H groups in total. The van der Waals surface area contributed by atoms with Crippen molar-refractivity contribution in [2.45, 2.75) is 78.6 Å². The van der Waals surface area contributed by atoms with Crippen molar-refractivity contribution in [3.8, 4) is 11.8 Å².